The van der Waals surface area contributed by atoms with Crippen LogP contribution in [0.1, 0.15) is 115 Å². The zero-order chi connectivity index (χ0) is 23.9. The molecular weight excluding hydrogens is 430 g/mol. The molecule has 2 aromatic carbocycles. The number of unbranched alkanes of at least 4 members (excludes halogenated alkanes) is 12. The molecule has 0 atom stereocenters. The Morgan fingerprint density at radius 1 is 0.697 bits per heavy atom. The van der Waals surface area contributed by atoms with Gasteiger partial charge in [0.05, 0.1) is 0 Å². The second-order valence-corrected chi connectivity index (χ2v) is 10.5. The van der Waals surface area contributed by atoms with E-state index in [0.29, 0.717) is 5.75 Å². The average Bonchev–Trinajstić information content (AvgIpc) is 2.77. The monoisotopic (exact) mass is 475 g/mol. The second kappa shape index (κ2) is 15.3. The summed E-state index contributed by atoms with van der Waals surface area (Å²) < 4.78 is 28.9. The Labute approximate surface area is 202 Å². The Hall–Kier alpha value is -1.59. The summed E-state index contributed by atoms with van der Waals surface area (Å²) in [5.74, 6) is 0.417. The minimum Gasteiger partial charge on any atom is -0.371 e. The van der Waals surface area contributed by atoms with Crippen LogP contribution in [0.3, 0.4) is 0 Å². The molecule has 0 fully saturated rings. The molecule has 0 saturated carbocycles. The van der Waals surface area contributed by atoms with Gasteiger partial charge in [0.25, 0.3) is 0 Å². The third kappa shape index (κ3) is 10.5. The van der Waals surface area contributed by atoms with Crippen molar-refractivity contribution in [2.75, 3.05) is 0 Å². The lowest BCUT2D eigenvalue weighted by molar-refractivity contribution is 0.483. The molecule has 186 valence electrons. The van der Waals surface area contributed by atoms with Crippen LogP contribution in [0, 0.1) is 0 Å². The average molecular weight is 476 g/mol. The second-order valence-electron chi connectivity index (χ2n) is 9.37. The first-order valence-corrected chi connectivity index (χ1v) is 14.7. The summed E-state index contributed by atoms with van der Waals surface area (Å²) in [5, 5.41) is 7.51. The molecule has 0 aliphatic heterocycles. The van der Waals surface area contributed by atoms with Crippen molar-refractivity contribution in [1.82, 2.24) is 0 Å². The van der Waals surface area contributed by atoms with Gasteiger partial charge < -0.3 is 4.18 Å². The first-order chi connectivity index (χ1) is 16.0. The summed E-state index contributed by atoms with van der Waals surface area (Å²) >= 11 is 0. The molecule has 0 aromatic heterocycles. The molecule has 0 amide bonds. The first kappa shape index (κ1) is 27.7. The van der Waals surface area contributed by atoms with Gasteiger partial charge >= 0.3 is 10.3 Å². The van der Waals surface area contributed by atoms with E-state index in [9.17, 15) is 8.42 Å². The molecule has 0 aliphatic rings. The molecule has 0 aliphatic carbocycles. The Morgan fingerprint density at radius 2 is 1.18 bits per heavy atom. The third-order valence-electron chi connectivity index (χ3n) is 6.50. The molecule has 2 rings (SSSR count). The highest BCUT2D eigenvalue weighted by Gasteiger charge is 2.17. The zero-order valence-corrected chi connectivity index (χ0v) is 21.7. The van der Waals surface area contributed by atoms with E-state index in [4.69, 9.17) is 9.32 Å². The number of hydrogen-bond acceptors (Lipinski definition) is 3. The molecular formula is C28H45NO3S. The first-order valence-electron chi connectivity index (χ1n) is 13.2. The van der Waals surface area contributed by atoms with Crippen LogP contribution in [0.15, 0.2) is 30.3 Å². The van der Waals surface area contributed by atoms with E-state index < -0.39 is 10.3 Å². The fourth-order valence-electron chi connectivity index (χ4n) is 4.71. The van der Waals surface area contributed by atoms with Crippen molar-refractivity contribution in [1.29, 1.82) is 0 Å². The van der Waals surface area contributed by atoms with Crippen molar-refractivity contribution in [2.45, 2.75) is 117 Å². The summed E-state index contributed by atoms with van der Waals surface area (Å²) in [7, 11) is -4.07. The smallest absolute Gasteiger partial charge is 0.371 e. The number of fused-ring (bicyclic) bond motifs is 1. The molecule has 0 unspecified atom stereocenters. The van der Waals surface area contributed by atoms with Crippen LogP contribution in [0.4, 0.5) is 0 Å². The maximum Gasteiger partial charge on any atom is 0.380 e. The van der Waals surface area contributed by atoms with Gasteiger partial charge in [-0.2, -0.15) is 13.6 Å². The number of aryl methyl sites for hydroxylation is 1. The standard InChI is InChI=1S/C28H45NO3S/c1-3-5-7-9-11-13-15-21-26-25-20-18-17-19-24(25)23-28(32-33(29,30)31)27(26)22-16-14-12-10-8-6-4-2/h17-20,23H,3-16,21-22H2,1-2H3,(H2,29,30,31). The topological polar surface area (TPSA) is 69.4 Å². The molecule has 5 heteroatoms. The van der Waals surface area contributed by atoms with Gasteiger partial charge in [-0.25, -0.2) is 0 Å². The van der Waals surface area contributed by atoms with E-state index in [0.717, 1.165) is 43.1 Å². The SMILES string of the molecule is CCCCCCCCCc1c(OS(N)(=O)=O)cc2ccccc2c1CCCCCCCCC. The van der Waals surface area contributed by atoms with Crippen molar-refractivity contribution >= 4 is 21.1 Å². The lowest BCUT2D eigenvalue weighted by atomic mass is 9.90. The molecule has 2 N–H and O–H groups in total. The van der Waals surface area contributed by atoms with Crippen molar-refractivity contribution < 1.29 is 12.6 Å². The normalized spacial score (nSPS) is 11.8. The highest BCUT2D eigenvalue weighted by molar-refractivity contribution is 7.84. The number of rotatable bonds is 18. The van der Waals surface area contributed by atoms with Crippen LogP contribution in [-0.2, 0) is 23.1 Å². The van der Waals surface area contributed by atoms with Gasteiger partial charge in [0, 0.05) is 0 Å². The molecule has 2 aromatic rings. The molecule has 0 heterocycles. The van der Waals surface area contributed by atoms with Crippen LogP contribution >= 0.6 is 0 Å². The predicted octanol–water partition coefficient (Wildman–Crippen LogP) is 8.01. The van der Waals surface area contributed by atoms with Crippen LogP contribution in [0.5, 0.6) is 5.75 Å². The van der Waals surface area contributed by atoms with Crippen molar-refractivity contribution in [2.24, 2.45) is 5.14 Å². The lowest BCUT2D eigenvalue weighted by Gasteiger charge is -2.18. The fourth-order valence-corrected chi connectivity index (χ4v) is 5.11. The summed E-state index contributed by atoms with van der Waals surface area (Å²) in [4.78, 5) is 0. The largest absolute Gasteiger partial charge is 0.380 e. The minimum absolute atomic E-state index is 0.417. The van der Waals surface area contributed by atoms with E-state index in [1.165, 1.54) is 81.6 Å². The van der Waals surface area contributed by atoms with Gasteiger partial charge in [0.1, 0.15) is 5.75 Å². The van der Waals surface area contributed by atoms with Gasteiger partial charge in [-0.05, 0) is 53.6 Å². The van der Waals surface area contributed by atoms with E-state index in [1.807, 2.05) is 18.2 Å². The molecule has 4 nitrogen and oxygen atoms in total. The highest BCUT2D eigenvalue weighted by Crippen LogP contribution is 2.34. The van der Waals surface area contributed by atoms with Crippen molar-refractivity contribution in [3.8, 4) is 5.75 Å². The Bertz CT molecular complexity index is 924. The minimum atomic E-state index is -4.07. The van der Waals surface area contributed by atoms with Crippen LogP contribution in [0.2, 0.25) is 0 Å². The predicted molar refractivity (Wildman–Crippen MR) is 141 cm³/mol. The lowest BCUT2D eigenvalue weighted by Crippen LogP contribution is -2.20. The fraction of sp³-hybridized carbons (Fsp3) is 0.643. The van der Waals surface area contributed by atoms with E-state index in [1.54, 1.807) is 0 Å². The molecule has 33 heavy (non-hydrogen) atoms. The highest BCUT2D eigenvalue weighted by atomic mass is 32.2. The maximum atomic E-state index is 11.8. The Balaban J connectivity index is 2.17. The van der Waals surface area contributed by atoms with E-state index >= 15 is 0 Å². The number of nitrogens with two attached hydrogens (primary N) is 1. The maximum absolute atomic E-state index is 11.8. The van der Waals surface area contributed by atoms with E-state index in [2.05, 4.69) is 26.0 Å². The Kier molecular flexibility index (Phi) is 12.9. The Morgan fingerprint density at radius 3 is 1.73 bits per heavy atom. The van der Waals surface area contributed by atoms with Gasteiger partial charge in [-0.1, -0.05) is 115 Å². The molecule has 0 spiro atoms. The van der Waals surface area contributed by atoms with Crippen LogP contribution in [0.25, 0.3) is 10.8 Å². The summed E-state index contributed by atoms with van der Waals surface area (Å²) in [5.41, 5.74) is 2.27. The van der Waals surface area contributed by atoms with E-state index in [-0.39, 0.29) is 0 Å². The van der Waals surface area contributed by atoms with Gasteiger partial charge in [0.15, 0.2) is 0 Å². The van der Waals surface area contributed by atoms with Crippen molar-refractivity contribution in [3.63, 3.8) is 0 Å². The molecule has 0 radical (unpaired) electrons. The quantitative estimate of drug-likeness (QED) is 0.222. The number of hydrogen-bond donors (Lipinski definition) is 1. The van der Waals surface area contributed by atoms with Crippen molar-refractivity contribution in [3.05, 3.63) is 41.5 Å². The third-order valence-corrected chi connectivity index (χ3v) is 6.91. The zero-order valence-electron chi connectivity index (χ0n) is 20.9. The van der Waals surface area contributed by atoms with Gasteiger partial charge in [-0.15, -0.1) is 0 Å². The van der Waals surface area contributed by atoms with Crippen LogP contribution in [-0.4, -0.2) is 8.42 Å². The summed E-state index contributed by atoms with van der Waals surface area (Å²) in [6, 6.07) is 10.1. The molecule has 0 saturated heterocycles. The van der Waals surface area contributed by atoms with Gasteiger partial charge in [0.2, 0.25) is 0 Å². The number of benzene rings is 2. The van der Waals surface area contributed by atoms with Gasteiger partial charge in [-0.3, -0.25) is 0 Å². The summed E-state index contributed by atoms with van der Waals surface area (Å²) in [6.45, 7) is 4.48. The molecule has 0 bridgehead atoms. The summed E-state index contributed by atoms with van der Waals surface area (Å²) in [6.07, 6.45) is 19.1. The van der Waals surface area contributed by atoms with Crippen LogP contribution < -0.4 is 9.32 Å².